The van der Waals surface area contributed by atoms with Crippen LogP contribution in [0.4, 0.5) is 0 Å². The molecule has 0 saturated carbocycles. The molecular weight excluding hydrogens is 224 g/mol. The fraction of sp³-hybridized carbons (Fsp3) is 0.917. The predicted octanol–water partition coefficient (Wildman–Crippen LogP) is 2.38. The number of rotatable bonds is 8. The summed E-state index contributed by atoms with van der Waals surface area (Å²) in [5, 5.41) is 17.6. The summed E-state index contributed by atoms with van der Waals surface area (Å²) in [4.78, 5) is 10.3. The highest BCUT2D eigenvalue weighted by atomic mass is 32.2. The third-order valence-electron chi connectivity index (χ3n) is 3.28. The summed E-state index contributed by atoms with van der Waals surface area (Å²) in [6.07, 6.45) is 5.64. The molecule has 1 saturated heterocycles. The summed E-state index contributed by atoms with van der Waals surface area (Å²) >= 11 is 1.95. The van der Waals surface area contributed by atoms with E-state index in [4.69, 9.17) is 10.2 Å². The summed E-state index contributed by atoms with van der Waals surface area (Å²) in [7, 11) is 0. The van der Waals surface area contributed by atoms with Crippen LogP contribution in [0.5, 0.6) is 0 Å². The van der Waals surface area contributed by atoms with E-state index in [0.29, 0.717) is 24.9 Å². The highest BCUT2D eigenvalue weighted by Crippen LogP contribution is 2.33. The van der Waals surface area contributed by atoms with Crippen molar-refractivity contribution in [3.05, 3.63) is 0 Å². The lowest BCUT2D eigenvalue weighted by Crippen LogP contribution is -2.16. The lowest BCUT2D eigenvalue weighted by Gasteiger charge is -2.15. The van der Waals surface area contributed by atoms with Crippen molar-refractivity contribution >= 4 is 17.7 Å². The molecule has 1 fully saturated rings. The molecule has 0 amide bonds. The van der Waals surface area contributed by atoms with E-state index < -0.39 is 5.97 Å². The summed E-state index contributed by atoms with van der Waals surface area (Å²) < 4.78 is 0. The Morgan fingerprint density at radius 3 is 2.50 bits per heavy atom. The number of carboxylic acids is 1. The van der Waals surface area contributed by atoms with Crippen LogP contribution in [-0.2, 0) is 4.79 Å². The molecule has 2 atom stereocenters. The molecular formula is C12H22O3S. The lowest BCUT2D eigenvalue weighted by atomic mass is 9.91. The number of thioether (sulfide) groups is 1. The molecule has 0 aliphatic carbocycles. The molecule has 0 spiro atoms. The van der Waals surface area contributed by atoms with Gasteiger partial charge in [0.1, 0.15) is 0 Å². The smallest absolute Gasteiger partial charge is 0.303 e. The number of carbonyl (C=O) groups is 1. The molecule has 4 heteroatoms. The van der Waals surface area contributed by atoms with E-state index in [1.54, 1.807) is 0 Å². The molecule has 0 aromatic heterocycles. The summed E-state index contributed by atoms with van der Waals surface area (Å²) in [6, 6.07) is 0. The molecule has 1 aliphatic heterocycles. The van der Waals surface area contributed by atoms with Crippen LogP contribution in [0.25, 0.3) is 0 Å². The van der Waals surface area contributed by atoms with Gasteiger partial charge in [-0.15, -0.1) is 0 Å². The highest BCUT2D eigenvalue weighted by molar-refractivity contribution is 7.99. The van der Waals surface area contributed by atoms with Crippen molar-refractivity contribution < 1.29 is 15.0 Å². The van der Waals surface area contributed by atoms with Gasteiger partial charge in [0.25, 0.3) is 0 Å². The largest absolute Gasteiger partial charge is 0.481 e. The van der Waals surface area contributed by atoms with Gasteiger partial charge < -0.3 is 10.2 Å². The van der Waals surface area contributed by atoms with E-state index in [2.05, 4.69) is 0 Å². The number of hydrogen-bond donors (Lipinski definition) is 2. The van der Waals surface area contributed by atoms with Gasteiger partial charge in [-0.3, -0.25) is 4.79 Å². The van der Waals surface area contributed by atoms with E-state index >= 15 is 0 Å². The fourth-order valence-electron chi connectivity index (χ4n) is 2.20. The number of hydrogen-bond acceptors (Lipinski definition) is 3. The summed E-state index contributed by atoms with van der Waals surface area (Å²) in [5.41, 5.74) is 0. The van der Waals surface area contributed by atoms with Crippen LogP contribution in [0.1, 0.15) is 38.5 Å². The Kier molecular flexibility index (Phi) is 6.88. The molecule has 3 nitrogen and oxygen atoms in total. The zero-order chi connectivity index (χ0) is 11.8. The SMILES string of the molecule is O=C(O)CCCCCC[C@@H]1CSC[C@@H]1CO. The van der Waals surface area contributed by atoms with Crippen molar-refractivity contribution in [3.63, 3.8) is 0 Å². The fourth-order valence-corrected chi connectivity index (χ4v) is 3.76. The topological polar surface area (TPSA) is 57.5 Å². The molecule has 0 bridgehead atoms. The first-order valence-corrected chi connectivity index (χ1v) is 7.30. The maximum Gasteiger partial charge on any atom is 0.303 e. The first-order chi connectivity index (χ1) is 7.74. The Bertz CT molecular complexity index is 208. The third kappa shape index (κ3) is 5.21. The maximum atomic E-state index is 10.3. The zero-order valence-corrected chi connectivity index (χ0v) is 10.5. The average Bonchev–Trinajstić information content (AvgIpc) is 2.70. The van der Waals surface area contributed by atoms with Crippen molar-refractivity contribution in [3.8, 4) is 0 Å². The molecule has 0 aromatic carbocycles. The molecule has 1 aliphatic rings. The second kappa shape index (κ2) is 7.96. The monoisotopic (exact) mass is 246 g/mol. The zero-order valence-electron chi connectivity index (χ0n) is 9.73. The molecule has 0 unspecified atom stereocenters. The van der Waals surface area contributed by atoms with Gasteiger partial charge in [0.2, 0.25) is 0 Å². The Balaban J connectivity index is 1.96. The van der Waals surface area contributed by atoms with E-state index in [-0.39, 0.29) is 0 Å². The van der Waals surface area contributed by atoms with Crippen LogP contribution in [-0.4, -0.2) is 34.3 Å². The quantitative estimate of drug-likeness (QED) is 0.646. The molecule has 2 N–H and O–H groups in total. The van der Waals surface area contributed by atoms with Gasteiger partial charge >= 0.3 is 5.97 Å². The summed E-state index contributed by atoms with van der Waals surface area (Å²) in [5.74, 6) is 2.81. The maximum absolute atomic E-state index is 10.3. The van der Waals surface area contributed by atoms with E-state index in [9.17, 15) is 4.79 Å². The van der Waals surface area contributed by atoms with Crippen LogP contribution in [0.3, 0.4) is 0 Å². The van der Waals surface area contributed by atoms with Crippen LogP contribution in [0.15, 0.2) is 0 Å². The van der Waals surface area contributed by atoms with Gasteiger partial charge in [0.05, 0.1) is 0 Å². The minimum absolute atomic E-state index is 0.304. The molecule has 16 heavy (non-hydrogen) atoms. The standard InChI is InChI=1S/C12H22O3S/c13-7-11-9-16-8-10(11)5-3-1-2-4-6-12(14)15/h10-11,13H,1-9H2,(H,14,15)/t10-,11+/m1/s1. The second-order valence-corrected chi connectivity index (χ2v) is 5.66. The molecule has 1 heterocycles. The van der Waals surface area contributed by atoms with E-state index in [0.717, 1.165) is 25.0 Å². The summed E-state index contributed by atoms with van der Waals surface area (Å²) in [6.45, 7) is 0.330. The van der Waals surface area contributed by atoms with E-state index in [1.165, 1.54) is 18.6 Å². The van der Waals surface area contributed by atoms with Crippen LogP contribution < -0.4 is 0 Å². The van der Waals surface area contributed by atoms with Crippen molar-refractivity contribution in [1.82, 2.24) is 0 Å². The van der Waals surface area contributed by atoms with Crippen molar-refractivity contribution in [1.29, 1.82) is 0 Å². The first-order valence-electron chi connectivity index (χ1n) is 6.14. The second-order valence-electron chi connectivity index (χ2n) is 4.59. The Hall–Kier alpha value is -0.220. The number of aliphatic carboxylic acids is 1. The van der Waals surface area contributed by atoms with Crippen LogP contribution in [0, 0.1) is 11.8 Å². The molecule has 0 radical (unpaired) electrons. The molecule has 1 rings (SSSR count). The number of aliphatic hydroxyl groups is 1. The minimum atomic E-state index is -0.687. The van der Waals surface area contributed by atoms with Gasteiger partial charge in [-0.05, 0) is 36.2 Å². The van der Waals surface area contributed by atoms with Crippen molar-refractivity contribution in [2.45, 2.75) is 38.5 Å². The lowest BCUT2D eigenvalue weighted by molar-refractivity contribution is -0.137. The Labute approximate surface area is 102 Å². The normalized spacial score (nSPS) is 24.8. The third-order valence-corrected chi connectivity index (χ3v) is 4.61. The predicted molar refractivity (Wildman–Crippen MR) is 66.7 cm³/mol. The average molecular weight is 246 g/mol. The Morgan fingerprint density at radius 1 is 1.12 bits per heavy atom. The van der Waals surface area contributed by atoms with Gasteiger partial charge in [0.15, 0.2) is 0 Å². The van der Waals surface area contributed by atoms with Crippen LogP contribution in [0.2, 0.25) is 0 Å². The number of unbranched alkanes of at least 4 members (excludes halogenated alkanes) is 3. The van der Waals surface area contributed by atoms with Gasteiger partial charge in [0, 0.05) is 13.0 Å². The van der Waals surface area contributed by atoms with Gasteiger partial charge in [-0.2, -0.15) is 11.8 Å². The first kappa shape index (κ1) is 13.8. The highest BCUT2D eigenvalue weighted by Gasteiger charge is 2.26. The molecule has 0 aromatic rings. The Morgan fingerprint density at radius 2 is 1.81 bits per heavy atom. The number of carboxylic acid groups (broad SMARTS) is 1. The van der Waals surface area contributed by atoms with Gasteiger partial charge in [-0.1, -0.05) is 19.3 Å². The van der Waals surface area contributed by atoms with Gasteiger partial charge in [-0.25, -0.2) is 0 Å². The van der Waals surface area contributed by atoms with Crippen molar-refractivity contribution in [2.24, 2.45) is 11.8 Å². The number of aliphatic hydroxyl groups excluding tert-OH is 1. The van der Waals surface area contributed by atoms with Crippen molar-refractivity contribution in [2.75, 3.05) is 18.1 Å². The van der Waals surface area contributed by atoms with Crippen LogP contribution >= 0.6 is 11.8 Å². The molecule has 94 valence electrons. The minimum Gasteiger partial charge on any atom is -0.481 e. The van der Waals surface area contributed by atoms with E-state index in [1.807, 2.05) is 11.8 Å².